The first-order chi connectivity index (χ1) is 7.99. The Bertz CT molecular complexity index is 349. The van der Waals surface area contributed by atoms with Gasteiger partial charge in [0, 0.05) is 18.5 Å². The fourth-order valence-electron chi connectivity index (χ4n) is 1.34. The van der Waals surface area contributed by atoms with Crippen LogP contribution in [-0.2, 0) is 0 Å². The van der Waals surface area contributed by atoms with E-state index in [9.17, 15) is 18.0 Å². The van der Waals surface area contributed by atoms with Crippen LogP contribution in [0.2, 0.25) is 0 Å². The molecule has 1 aromatic rings. The Morgan fingerprint density at radius 3 is 2.35 bits per heavy atom. The number of benzene rings is 1. The Hall–Kier alpha value is -1.52. The van der Waals surface area contributed by atoms with Crippen molar-refractivity contribution in [3.8, 4) is 0 Å². The number of carbonyl (C=O) groups is 1. The molecule has 5 heteroatoms. The van der Waals surface area contributed by atoms with Crippen LogP contribution in [0.3, 0.4) is 0 Å². The van der Waals surface area contributed by atoms with Gasteiger partial charge in [0.1, 0.15) is 0 Å². The van der Waals surface area contributed by atoms with Gasteiger partial charge in [0.15, 0.2) is 0 Å². The highest BCUT2D eigenvalue weighted by atomic mass is 19.4. The summed E-state index contributed by atoms with van der Waals surface area (Å²) < 4.78 is 35.5. The van der Waals surface area contributed by atoms with Gasteiger partial charge in [-0.3, -0.25) is 4.79 Å². The maximum absolute atomic E-state index is 11.8. The number of hydrogen-bond donors (Lipinski definition) is 1. The largest absolute Gasteiger partial charge is 0.389 e. The number of hydrogen-bond acceptors (Lipinski definition) is 1. The third-order valence-corrected chi connectivity index (χ3v) is 2.21. The Kier molecular flexibility index (Phi) is 5.00. The molecule has 0 aliphatic rings. The van der Waals surface area contributed by atoms with Crippen LogP contribution in [0.25, 0.3) is 0 Å². The number of nitrogens with one attached hydrogen (secondary N) is 1. The van der Waals surface area contributed by atoms with Gasteiger partial charge in [-0.1, -0.05) is 18.2 Å². The fraction of sp³-hybridized carbons (Fsp3) is 0.417. The van der Waals surface area contributed by atoms with E-state index in [-0.39, 0.29) is 18.9 Å². The third-order valence-electron chi connectivity index (χ3n) is 2.21. The van der Waals surface area contributed by atoms with E-state index in [1.165, 1.54) is 0 Å². The van der Waals surface area contributed by atoms with E-state index in [2.05, 4.69) is 5.32 Å². The molecule has 0 atom stereocenters. The lowest BCUT2D eigenvalue weighted by molar-refractivity contribution is -0.135. The monoisotopic (exact) mass is 245 g/mol. The maximum Gasteiger partial charge on any atom is 0.389 e. The summed E-state index contributed by atoms with van der Waals surface area (Å²) in [5, 5.41) is 2.58. The molecule has 0 spiro atoms. The molecule has 0 radical (unpaired) electrons. The average molecular weight is 245 g/mol. The van der Waals surface area contributed by atoms with E-state index in [0.29, 0.717) is 12.0 Å². The molecule has 94 valence electrons. The van der Waals surface area contributed by atoms with Crippen LogP contribution in [0.15, 0.2) is 30.3 Å². The topological polar surface area (TPSA) is 29.1 Å². The van der Waals surface area contributed by atoms with E-state index in [0.717, 1.165) is 0 Å². The molecule has 1 N–H and O–H groups in total. The van der Waals surface area contributed by atoms with Crippen molar-refractivity contribution in [1.82, 2.24) is 5.32 Å². The van der Waals surface area contributed by atoms with Crippen molar-refractivity contribution >= 4 is 5.91 Å². The smallest absolute Gasteiger partial charge is 0.352 e. The first-order valence-corrected chi connectivity index (χ1v) is 5.39. The van der Waals surface area contributed by atoms with E-state index in [1.54, 1.807) is 30.3 Å². The molecule has 1 amide bonds. The van der Waals surface area contributed by atoms with Gasteiger partial charge in [0.2, 0.25) is 0 Å². The van der Waals surface area contributed by atoms with Crippen molar-refractivity contribution in [3.05, 3.63) is 35.9 Å². The van der Waals surface area contributed by atoms with Crippen molar-refractivity contribution in [1.29, 1.82) is 0 Å². The number of unbranched alkanes of at least 4 members (excludes halogenated alkanes) is 1. The Balaban J connectivity index is 2.18. The summed E-state index contributed by atoms with van der Waals surface area (Å²) in [7, 11) is 0. The minimum atomic E-state index is -4.11. The molecule has 1 aromatic carbocycles. The number of amides is 1. The minimum absolute atomic E-state index is 0.0402. The SMILES string of the molecule is O=C(NCCCCC(F)(F)F)c1ccccc1. The summed E-state index contributed by atoms with van der Waals surface area (Å²) in [6, 6.07) is 8.58. The molecule has 0 aliphatic heterocycles. The first kappa shape index (κ1) is 13.5. The van der Waals surface area contributed by atoms with Gasteiger partial charge >= 0.3 is 6.18 Å². The fourth-order valence-corrected chi connectivity index (χ4v) is 1.34. The van der Waals surface area contributed by atoms with Gasteiger partial charge < -0.3 is 5.32 Å². The molecule has 0 saturated heterocycles. The molecule has 0 heterocycles. The second-order valence-corrected chi connectivity index (χ2v) is 3.69. The summed E-state index contributed by atoms with van der Waals surface area (Å²) >= 11 is 0. The molecule has 0 aromatic heterocycles. The van der Waals surface area contributed by atoms with Gasteiger partial charge in [-0.05, 0) is 25.0 Å². The van der Waals surface area contributed by atoms with Crippen molar-refractivity contribution in [2.75, 3.05) is 6.54 Å². The molecule has 0 bridgehead atoms. The minimum Gasteiger partial charge on any atom is -0.352 e. The molecule has 2 nitrogen and oxygen atoms in total. The normalized spacial score (nSPS) is 11.2. The molecule has 17 heavy (non-hydrogen) atoms. The summed E-state index contributed by atoms with van der Waals surface area (Å²) in [6.45, 7) is 0.268. The van der Waals surface area contributed by atoms with Gasteiger partial charge in [0.25, 0.3) is 5.91 Å². The Morgan fingerprint density at radius 2 is 1.76 bits per heavy atom. The van der Waals surface area contributed by atoms with Gasteiger partial charge in [0.05, 0.1) is 0 Å². The number of carbonyl (C=O) groups excluding carboxylic acids is 1. The van der Waals surface area contributed by atoms with Crippen molar-refractivity contribution < 1.29 is 18.0 Å². The van der Waals surface area contributed by atoms with Crippen LogP contribution in [0.1, 0.15) is 29.6 Å². The lowest BCUT2D eigenvalue weighted by atomic mass is 10.2. The average Bonchev–Trinajstić information content (AvgIpc) is 2.28. The predicted molar refractivity (Wildman–Crippen MR) is 58.7 cm³/mol. The zero-order chi connectivity index (χ0) is 12.7. The maximum atomic E-state index is 11.8. The zero-order valence-electron chi connectivity index (χ0n) is 9.26. The van der Waals surface area contributed by atoms with Crippen LogP contribution in [0, 0.1) is 0 Å². The molecule has 0 saturated carbocycles. The van der Waals surface area contributed by atoms with Crippen LogP contribution in [0.5, 0.6) is 0 Å². The Labute approximate surface area is 97.8 Å². The van der Waals surface area contributed by atoms with Crippen LogP contribution in [0.4, 0.5) is 13.2 Å². The highest BCUT2D eigenvalue weighted by Crippen LogP contribution is 2.21. The van der Waals surface area contributed by atoms with Gasteiger partial charge in [-0.15, -0.1) is 0 Å². The second-order valence-electron chi connectivity index (χ2n) is 3.69. The van der Waals surface area contributed by atoms with Gasteiger partial charge in [-0.25, -0.2) is 0 Å². The molecule has 1 rings (SSSR count). The van der Waals surface area contributed by atoms with Crippen molar-refractivity contribution in [3.63, 3.8) is 0 Å². The molecular weight excluding hydrogens is 231 g/mol. The van der Waals surface area contributed by atoms with Gasteiger partial charge in [-0.2, -0.15) is 13.2 Å². The van der Waals surface area contributed by atoms with E-state index in [4.69, 9.17) is 0 Å². The summed E-state index contributed by atoms with van der Waals surface area (Å²) in [4.78, 5) is 11.5. The zero-order valence-corrected chi connectivity index (χ0v) is 9.26. The molecule has 0 unspecified atom stereocenters. The Morgan fingerprint density at radius 1 is 1.12 bits per heavy atom. The highest BCUT2D eigenvalue weighted by molar-refractivity contribution is 5.94. The van der Waals surface area contributed by atoms with Crippen molar-refractivity contribution in [2.45, 2.75) is 25.4 Å². The number of alkyl halides is 3. The summed E-state index contributed by atoms with van der Waals surface area (Å²) in [5.41, 5.74) is 0.517. The van der Waals surface area contributed by atoms with E-state index in [1.807, 2.05) is 0 Å². The standard InChI is InChI=1S/C12H14F3NO/c13-12(14,15)8-4-5-9-16-11(17)10-6-2-1-3-7-10/h1-3,6-7H,4-5,8-9H2,(H,16,17). The molecular formula is C12H14F3NO. The van der Waals surface area contributed by atoms with Crippen LogP contribution < -0.4 is 5.32 Å². The number of rotatable bonds is 5. The molecule has 0 fully saturated rings. The second kappa shape index (κ2) is 6.27. The van der Waals surface area contributed by atoms with E-state index < -0.39 is 12.6 Å². The molecule has 0 aliphatic carbocycles. The van der Waals surface area contributed by atoms with Crippen molar-refractivity contribution in [2.24, 2.45) is 0 Å². The summed E-state index contributed by atoms with van der Waals surface area (Å²) in [5.74, 6) is -0.252. The van der Waals surface area contributed by atoms with E-state index >= 15 is 0 Å². The third kappa shape index (κ3) is 5.94. The van der Waals surface area contributed by atoms with Crippen LogP contribution in [-0.4, -0.2) is 18.6 Å². The number of halogens is 3. The quantitative estimate of drug-likeness (QED) is 0.793. The lowest BCUT2D eigenvalue weighted by Gasteiger charge is -2.07. The predicted octanol–water partition coefficient (Wildman–Crippen LogP) is 3.15. The first-order valence-electron chi connectivity index (χ1n) is 5.39. The highest BCUT2D eigenvalue weighted by Gasteiger charge is 2.25. The van der Waals surface area contributed by atoms with Crippen LogP contribution >= 0.6 is 0 Å². The lowest BCUT2D eigenvalue weighted by Crippen LogP contribution is -2.24. The summed E-state index contributed by atoms with van der Waals surface area (Å²) in [6.07, 6.45) is -4.53.